The van der Waals surface area contributed by atoms with Crippen LogP contribution < -0.4 is 5.32 Å². The summed E-state index contributed by atoms with van der Waals surface area (Å²) in [6, 6.07) is 4.59. The van der Waals surface area contributed by atoms with Crippen molar-refractivity contribution >= 4 is 35.1 Å². The third-order valence-electron chi connectivity index (χ3n) is 5.95. The number of nitrogens with one attached hydrogen (secondary N) is 1. The van der Waals surface area contributed by atoms with Crippen molar-refractivity contribution in [3.63, 3.8) is 0 Å². The van der Waals surface area contributed by atoms with Gasteiger partial charge in [-0.25, -0.2) is 4.39 Å². The number of halogens is 1. The zero-order valence-corrected chi connectivity index (χ0v) is 15.6. The van der Waals surface area contributed by atoms with Gasteiger partial charge in [-0.05, 0) is 62.1 Å². The van der Waals surface area contributed by atoms with Gasteiger partial charge in [-0.15, -0.1) is 23.5 Å². The average Bonchev–Trinajstić information content (AvgIpc) is 3.00. The highest BCUT2D eigenvalue weighted by Crippen LogP contribution is 2.64. The number of aryl methyl sites for hydroxylation is 1. The topological polar surface area (TPSA) is 29.1 Å². The summed E-state index contributed by atoms with van der Waals surface area (Å²) in [6.45, 7) is 1.91. The molecule has 24 heavy (non-hydrogen) atoms. The third-order valence-corrected chi connectivity index (χ3v) is 9.97. The predicted octanol–water partition coefficient (Wildman–Crippen LogP) is 5.08. The van der Waals surface area contributed by atoms with Gasteiger partial charge in [0.25, 0.3) is 0 Å². The molecule has 1 heterocycles. The van der Waals surface area contributed by atoms with Crippen molar-refractivity contribution in [1.29, 1.82) is 0 Å². The highest BCUT2D eigenvalue weighted by atomic mass is 32.2. The van der Waals surface area contributed by atoms with Gasteiger partial charge in [0.1, 0.15) is 5.82 Å². The lowest BCUT2D eigenvalue weighted by Crippen LogP contribution is -2.48. The number of carbonyl (C=O) groups is 1. The molecule has 5 heteroatoms. The number of hydrogen-bond acceptors (Lipinski definition) is 3. The summed E-state index contributed by atoms with van der Waals surface area (Å²) in [4.78, 5) is 12.8. The first-order valence-electron chi connectivity index (χ1n) is 8.93. The molecule has 1 spiro atoms. The van der Waals surface area contributed by atoms with Crippen LogP contribution in [0, 0.1) is 30.5 Å². The largest absolute Gasteiger partial charge is 0.326 e. The number of benzene rings is 1. The molecule has 3 fully saturated rings. The molecule has 2 aliphatic carbocycles. The quantitative estimate of drug-likeness (QED) is 0.793. The zero-order valence-electron chi connectivity index (χ0n) is 14.0. The lowest BCUT2D eigenvalue weighted by atomic mass is 9.67. The lowest BCUT2D eigenvalue weighted by Gasteiger charge is -2.52. The van der Waals surface area contributed by atoms with Crippen LogP contribution in [-0.4, -0.2) is 21.5 Å². The van der Waals surface area contributed by atoms with Gasteiger partial charge < -0.3 is 5.32 Å². The molecule has 2 nitrogen and oxygen atoms in total. The fraction of sp³-hybridized carbons (Fsp3) is 0.632. The summed E-state index contributed by atoms with van der Waals surface area (Å²) in [5, 5.41) is 3.00. The molecule has 3 aliphatic rings. The maximum Gasteiger partial charge on any atom is 0.227 e. The molecule has 0 aromatic heterocycles. The molecule has 1 aromatic carbocycles. The smallest absolute Gasteiger partial charge is 0.227 e. The lowest BCUT2D eigenvalue weighted by molar-refractivity contribution is -0.122. The number of hydrogen-bond donors (Lipinski definition) is 1. The van der Waals surface area contributed by atoms with E-state index in [1.54, 1.807) is 6.07 Å². The van der Waals surface area contributed by atoms with Crippen LogP contribution in [0.15, 0.2) is 18.2 Å². The third kappa shape index (κ3) is 2.88. The van der Waals surface area contributed by atoms with Crippen molar-refractivity contribution in [2.75, 3.05) is 16.8 Å². The van der Waals surface area contributed by atoms with Gasteiger partial charge in [0.05, 0.1) is 4.08 Å². The fourth-order valence-corrected chi connectivity index (χ4v) is 8.72. The molecular weight excluding hydrogens is 341 g/mol. The van der Waals surface area contributed by atoms with E-state index in [0.29, 0.717) is 21.6 Å². The molecule has 2 unspecified atom stereocenters. The van der Waals surface area contributed by atoms with E-state index < -0.39 is 0 Å². The number of amides is 1. The molecule has 0 radical (unpaired) electrons. The second-order valence-corrected chi connectivity index (χ2v) is 10.4. The van der Waals surface area contributed by atoms with E-state index >= 15 is 0 Å². The minimum Gasteiger partial charge on any atom is -0.326 e. The Morgan fingerprint density at radius 3 is 2.54 bits per heavy atom. The Kier molecular flexibility index (Phi) is 4.59. The first-order chi connectivity index (χ1) is 11.6. The van der Waals surface area contributed by atoms with Gasteiger partial charge in [0.2, 0.25) is 5.91 Å². The van der Waals surface area contributed by atoms with Crippen LogP contribution in [0.1, 0.15) is 37.7 Å². The first kappa shape index (κ1) is 16.8. The Morgan fingerprint density at radius 2 is 1.88 bits per heavy atom. The predicted molar refractivity (Wildman–Crippen MR) is 101 cm³/mol. The summed E-state index contributed by atoms with van der Waals surface area (Å²) in [7, 11) is 0. The Bertz CT molecular complexity index is 628. The van der Waals surface area contributed by atoms with E-state index in [0.717, 1.165) is 18.4 Å². The summed E-state index contributed by atoms with van der Waals surface area (Å²) in [6.07, 6.45) is 5.83. The van der Waals surface area contributed by atoms with Crippen LogP contribution in [-0.2, 0) is 4.79 Å². The number of anilines is 1. The molecule has 1 amide bonds. The van der Waals surface area contributed by atoms with Crippen LogP contribution in [0.4, 0.5) is 10.1 Å². The van der Waals surface area contributed by atoms with E-state index in [1.165, 1.54) is 42.9 Å². The molecule has 1 N–H and O–H groups in total. The van der Waals surface area contributed by atoms with E-state index in [1.807, 2.05) is 6.92 Å². The van der Waals surface area contributed by atoms with Crippen molar-refractivity contribution in [3.8, 4) is 0 Å². The monoisotopic (exact) mass is 365 g/mol. The summed E-state index contributed by atoms with van der Waals surface area (Å²) in [5.41, 5.74) is 1.54. The maximum absolute atomic E-state index is 13.5. The molecule has 1 saturated heterocycles. The van der Waals surface area contributed by atoms with Crippen molar-refractivity contribution in [2.45, 2.75) is 43.1 Å². The van der Waals surface area contributed by atoms with Gasteiger partial charge >= 0.3 is 0 Å². The van der Waals surface area contributed by atoms with Crippen LogP contribution in [0.5, 0.6) is 0 Å². The first-order valence-corrected chi connectivity index (χ1v) is 10.9. The van der Waals surface area contributed by atoms with Crippen LogP contribution in [0.25, 0.3) is 0 Å². The normalized spacial score (nSPS) is 31.2. The van der Waals surface area contributed by atoms with E-state index in [2.05, 4.69) is 28.8 Å². The summed E-state index contributed by atoms with van der Waals surface area (Å²) in [5.74, 6) is 3.71. The van der Waals surface area contributed by atoms with Crippen molar-refractivity contribution < 1.29 is 9.18 Å². The standard InChI is InChI=1S/C19H24FNOS2/c1-12-5-6-16(20)11-17(12)21-18(22)13-9-14-3-2-4-15(10-13)19(14)23-7-8-24-19/h5-6,11,13-15H,2-4,7-10H2,1H3,(H,21,22). The van der Waals surface area contributed by atoms with Gasteiger partial charge in [-0.3, -0.25) is 4.79 Å². The SMILES string of the molecule is Cc1ccc(F)cc1NC(=O)C1CC2CCCC(C1)C21SCCS1. The number of rotatable bonds is 2. The fourth-order valence-electron chi connectivity index (χ4n) is 4.79. The van der Waals surface area contributed by atoms with Gasteiger partial charge in [0, 0.05) is 23.1 Å². The van der Waals surface area contributed by atoms with Crippen LogP contribution >= 0.6 is 23.5 Å². The van der Waals surface area contributed by atoms with E-state index in [-0.39, 0.29) is 17.6 Å². The highest BCUT2D eigenvalue weighted by molar-refractivity contribution is 8.21. The zero-order chi connectivity index (χ0) is 16.7. The highest BCUT2D eigenvalue weighted by Gasteiger charge is 2.55. The number of thioether (sulfide) groups is 2. The van der Waals surface area contributed by atoms with Crippen LogP contribution in [0.3, 0.4) is 0 Å². The molecule has 1 aromatic rings. The molecule has 2 atom stereocenters. The second-order valence-electron chi connectivity index (χ2n) is 7.36. The van der Waals surface area contributed by atoms with Crippen molar-refractivity contribution in [2.24, 2.45) is 17.8 Å². The Balaban J connectivity index is 1.50. The molecule has 4 rings (SSSR count). The van der Waals surface area contributed by atoms with Crippen LogP contribution in [0.2, 0.25) is 0 Å². The molecule has 130 valence electrons. The molecular formula is C19H24FNOS2. The molecule has 2 bridgehead atoms. The van der Waals surface area contributed by atoms with Gasteiger partial charge in [-0.1, -0.05) is 12.5 Å². The minimum atomic E-state index is -0.297. The Morgan fingerprint density at radius 1 is 1.21 bits per heavy atom. The Labute approximate surface area is 151 Å². The van der Waals surface area contributed by atoms with Crippen molar-refractivity contribution in [1.82, 2.24) is 0 Å². The molecule has 2 saturated carbocycles. The summed E-state index contributed by atoms with van der Waals surface area (Å²) < 4.78 is 13.9. The Hall–Kier alpha value is -0.680. The molecule has 1 aliphatic heterocycles. The van der Waals surface area contributed by atoms with Gasteiger partial charge in [0.15, 0.2) is 0 Å². The van der Waals surface area contributed by atoms with Gasteiger partial charge in [-0.2, -0.15) is 0 Å². The summed E-state index contributed by atoms with van der Waals surface area (Å²) >= 11 is 4.32. The average molecular weight is 366 g/mol. The number of carbonyl (C=O) groups excluding carboxylic acids is 1. The second kappa shape index (κ2) is 6.56. The van der Waals surface area contributed by atoms with E-state index in [9.17, 15) is 9.18 Å². The minimum absolute atomic E-state index is 0.0791. The maximum atomic E-state index is 13.5. The van der Waals surface area contributed by atoms with E-state index in [4.69, 9.17) is 0 Å². The van der Waals surface area contributed by atoms with Crippen molar-refractivity contribution in [3.05, 3.63) is 29.6 Å².